The molecule has 0 aliphatic heterocycles. The molecule has 3 rings (SSSR count). The van der Waals surface area contributed by atoms with Crippen molar-refractivity contribution in [2.75, 3.05) is 5.32 Å². The van der Waals surface area contributed by atoms with Crippen molar-refractivity contribution >= 4 is 35.2 Å². The van der Waals surface area contributed by atoms with Crippen LogP contribution in [-0.2, 0) is 4.79 Å². The quantitative estimate of drug-likeness (QED) is 0.449. The summed E-state index contributed by atoms with van der Waals surface area (Å²) in [5, 5.41) is 21.8. The summed E-state index contributed by atoms with van der Waals surface area (Å²) in [4.78, 5) is 23.6. The molecule has 30 heavy (non-hydrogen) atoms. The number of rotatable bonds is 5. The largest absolute Gasteiger partial charge is 0.478 e. The summed E-state index contributed by atoms with van der Waals surface area (Å²) in [5.74, 6) is -1.51. The second-order valence-electron chi connectivity index (χ2n) is 6.64. The molecule has 0 fully saturated rings. The van der Waals surface area contributed by atoms with Crippen molar-refractivity contribution < 1.29 is 14.7 Å². The van der Waals surface area contributed by atoms with E-state index >= 15 is 0 Å². The number of aromatic carboxylic acids is 1. The average molecular weight is 420 g/mol. The highest BCUT2D eigenvalue weighted by Gasteiger charge is 2.14. The minimum Gasteiger partial charge on any atom is -0.478 e. The maximum atomic E-state index is 12.5. The van der Waals surface area contributed by atoms with E-state index in [1.54, 1.807) is 36.4 Å². The number of nitrogens with one attached hydrogen (secondary N) is 1. The van der Waals surface area contributed by atoms with Gasteiger partial charge in [-0.2, -0.15) is 5.26 Å². The second kappa shape index (κ2) is 8.68. The van der Waals surface area contributed by atoms with Crippen molar-refractivity contribution in [1.29, 1.82) is 5.26 Å². The summed E-state index contributed by atoms with van der Waals surface area (Å²) in [6.45, 7) is 3.77. The van der Waals surface area contributed by atoms with Crippen molar-refractivity contribution in [3.63, 3.8) is 0 Å². The predicted molar refractivity (Wildman–Crippen MR) is 116 cm³/mol. The zero-order valence-electron chi connectivity index (χ0n) is 16.3. The fourth-order valence-electron chi connectivity index (χ4n) is 3.12. The lowest BCUT2D eigenvalue weighted by atomic mass is 10.1. The van der Waals surface area contributed by atoms with Gasteiger partial charge in [0, 0.05) is 27.8 Å². The summed E-state index contributed by atoms with van der Waals surface area (Å²) in [7, 11) is 0. The summed E-state index contributed by atoms with van der Waals surface area (Å²) >= 11 is 5.85. The van der Waals surface area contributed by atoms with Gasteiger partial charge in [-0.1, -0.05) is 11.6 Å². The van der Waals surface area contributed by atoms with Crippen LogP contribution in [0, 0.1) is 25.2 Å². The number of halogens is 1. The van der Waals surface area contributed by atoms with E-state index < -0.39 is 11.9 Å². The van der Waals surface area contributed by atoms with E-state index in [4.69, 9.17) is 16.7 Å². The van der Waals surface area contributed by atoms with Gasteiger partial charge in [-0.25, -0.2) is 4.79 Å². The first-order chi connectivity index (χ1) is 14.3. The van der Waals surface area contributed by atoms with Crippen LogP contribution in [0.5, 0.6) is 0 Å². The number of carboxylic acid groups (broad SMARTS) is 1. The molecule has 0 aliphatic rings. The van der Waals surface area contributed by atoms with Crippen LogP contribution >= 0.6 is 11.6 Å². The molecule has 0 aliphatic carbocycles. The monoisotopic (exact) mass is 419 g/mol. The molecule has 0 saturated carbocycles. The van der Waals surface area contributed by atoms with Crippen molar-refractivity contribution in [3.05, 3.63) is 87.7 Å². The van der Waals surface area contributed by atoms with Gasteiger partial charge >= 0.3 is 5.97 Å². The number of hydrogen-bond donors (Lipinski definition) is 2. The molecule has 1 aromatic heterocycles. The Hall–Kier alpha value is -3.82. The van der Waals surface area contributed by atoms with Crippen LogP contribution in [0.4, 0.5) is 5.69 Å². The lowest BCUT2D eigenvalue weighted by Crippen LogP contribution is -2.13. The first-order valence-corrected chi connectivity index (χ1v) is 9.39. The van der Waals surface area contributed by atoms with Crippen molar-refractivity contribution in [3.8, 4) is 11.8 Å². The number of nitrogens with zero attached hydrogens (tertiary/aromatic N) is 2. The van der Waals surface area contributed by atoms with Crippen LogP contribution in [0.1, 0.15) is 27.3 Å². The normalized spacial score (nSPS) is 11.1. The molecule has 0 radical (unpaired) electrons. The summed E-state index contributed by atoms with van der Waals surface area (Å²) in [6, 6.07) is 16.9. The van der Waals surface area contributed by atoms with Gasteiger partial charge in [0.2, 0.25) is 0 Å². The highest BCUT2D eigenvalue weighted by molar-refractivity contribution is 6.30. The van der Waals surface area contributed by atoms with Crippen molar-refractivity contribution in [1.82, 2.24) is 4.57 Å². The highest BCUT2D eigenvalue weighted by Crippen LogP contribution is 2.24. The van der Waals surface area contributed by atoms with Crippen molar-refractivity contribution in [2.24, 2.45) is 0 Å². The number of nitriles is 1. The Morgan fingerprint density at radius 3 is 2.30 bits per heavy atom. The molecular weight excluding hydrogens is 402 g/mol. The standard InChI is InChI=1S/C23H18ClN3O3/c1-14-11-17(15(2)27(14)21-9-3-16(4-10-21)23(29)30)12-18(13-25)22(28)26-20-7-5-19(24)6-8-20/h3-12H,1-2H3,(H,26,28)(H,29,30)/b18-12-. The summed E-state index contributed by atoms with van der Waals surface area (Å²) in [6.07, 6.45) is 1.54. The topological polar surface area (TPSA) is 95.1 Å². The van der Waals surface area contributed by atoms with Gasteiger partial charge in [-0.15, -0.1) is 0 Å². The molecular formula is C23H18ClN3O3. The number of amides is 1. The molecule has 0 saturated heterocycles. The molecule has 2 aromatic carbocycles. The summed E-state index contributed by atoms with van der Waals surface area (Å²) < 4.78 is 1.93. The van der Waals surface area contributed by atoms with Crippen LogP contribution in [-0.4, -0.2) is 21.6 Å². The lowest BCUT2D eigenvalue weighted by molar-refractivity contribution is -0.112. The highest BCUT2D eigenvalue weighted by atomic mass is 35.5. The van der Waals surface area contributed by atoms with E-state index in [2.05, 4.69) is 5.32 Å². The predicted octanol–water partition coefficient (Wildman–Crippen LogP) is 4.99. The van der Waals surface area contributed by atoms with Gasteiger partial charge in [0.15, 0.2) is 0 Å². The van der Waals surface area contributed by atoms with Crippen LogP contribution in [0.3, 0.4) is 0 Å². The van der Waals surface area contributed by atoms with E-state index in [1.165, 1.54) is 18.2 Å². The van der Waals surface area contributed by atoms with Crippen LogP contribution in [0.15, 0.2) is 60.2 Å². The molecule has 0 unspecified atom stereocenters. The third kappa shape index (κ3) is 4.43. The fourth-order valence-corrected chi connectivity index (χ4v) is 3.25. The maximum Gasteiger partial charge on any atom is 0.335 e. The number of hydrogen-bond acceptors (Lipinski definition) is 3. The Labute approximate surface area is 178 Å². The number of anilines is 1. The maximum absolute atomic E-state index is 12.5. The van der Waals surface area contributed by atoms with Gasteiger partial charge in [0.05, 0.1) is 5.56 Å². The van der Waals surface area contributed by atoms with E-state index in [0.29, 0.717) is 10.7 Å². The Morgan fingerprint density at radius 2 is 1.73 bits per heavy atom. The Morgan fingerprint density at radius 1 is 1.10 bits per heavy atom. The van der Waals surface area contributed by atoms with Crippen LogP contribution < -0.4 is 5.32 Å². The number of carbonyl (C=O) groups is 2. The molecule has 1 heterocycles. The first kappa shape index (κ1) is 20.9. The van der Waals surface area contributed by atoms with E-state index in [9.17, 15) is 14.9 Å². The van der Waals surface area contributed by atoms with Gasteiger partial charge in [0.25, 0.3) is 5.91 Å². The smallest absolute Gasteiger partial charge is 0.335 e. The minimum absolute atomic E-state index is 0.0357. The van der Waals surface area contributed by atoms with Gasteiger partial charge in [-0.05, 0) is 80.1 Å². The zero-order valence-corrected chi connectivity index (χ0v) is 17.1. The van der Waals surface area contributed by atoms with E-state index in [1.807, 2.05) is 30.6 Å². The molecule has 6 nitrogen and oxygen atoms in total. The third-order valence-corrected chi connectivity index (χ3v) is 4.86. The van der Waals surface area contributed by atoms with Crippen LogP contribution in [0.2, 0.25) is 5.02 Å². The van der Waals surface area contributed by atoms with Gasteiger partial charge < -0.3 is 15.0 Å². The van der Waals surface area contributed by atoms with E-state index in [-0.39, 0.29) is 11.1 Å². The molecule has 0 spiro atoms. The third-order valence-electron chi connectivity index (χ3n) is 4.61. The van der Waals surface area contributed by atoms with E-state index in [0.717, 1.165) is 22.6 Å². The number of carboxylic acids is 1. The SMILES string of the molecule is Cc1cc(/C=C(/C#N)C(=O)Nc2ccc(Cl)cc2)c(C)n1-c1ccc(C(=O)O)cc1. The van der Waals surface area contributed by atoms with Gasteiger partial charge in [-0.3, -0.25) is 4.79 Å². The average Bonchev–Trinajstić information content (AvgIpc) is 3.00. The Kier molecular flexibility index (Phi) is 6.05. The van der Waals surface area contributed by atoms with Crippen molar-refractivity contribution in [2.45, 2.75) is 13.8 Å². The lowest BCUT2D eigenvalue weighted by Gasteiger charge is -2.10. The second-order valence-corrected chi connectivity index (χ2v) is 7.08. The summed E-state index contributed by atoms with van der Waals surface area (Å²) in [5.41, 5.74) is 3.92. The fraction of sp³-hybridized carbons (Fsp3) is 0.0870. The molecule has 0 bridgehead atoms. The first-order valence-electron chi connectivity index (χ1n) is 9.01. The number of carbonyl (C=O) groups excluding carboxylic acids is 1. The number of aromatic nitrogens is 1. The Balaban J connectivity index is 1.91. The molecule has 2 N–H and O–H groups in total. The number of benzene rings is 2. The molecule has 1 amide bonds. The van der Waals surface area contributed by atoms with Gasteiger partial charge in [0.1, 0.15) is 11.6 Å². The molecule has 3 aromatic rings. The zero-order chi connectivity index (χ0) is 21.8. The number of aryl methyl sites for hydroxylation is 1. The molecule has 150 valence electrons. The van der Waals surface area contributed by atoms with Crippen LogP contribution in [0.25, 0.3) is 11.8 Å². The minimum atomic E-state index is -0.989. The molecule has 0 atom stereocenters. The molecule has 7 heteroatoms. The Bertz CT molecular complexity index is 1180.